The minimum absolute atomic E-state index is 0.0862. The Morgan fingerprint density at radius 1 is 1.03 bits per heavy atom. The molecule has 5 rings (SSSR count). The van der Waals surface area contributed by atoms with Crippen LogP contribution in [-0.2, 0) is 11.3 Å². The first-order valence-electron chi connectivity index (χ1n) is 11.1. The Hall–Kier alpha value is -3.46. The highest BCUT2D eigenvalue weighted by Crippen LogP contribution is 2.31. The largest absolute Gasteiger partial charge is 0.310 e. The second kappa shape index (κ2) is 9.99. The van der Waals surface area contributed by atoms with Crippen LogP contribution in [0.1, 0.15) is 37.3 Å². The summed E-state index contributed by atoms with van der Waals surface area (Å²) in [6.45, 7) is 0.608. The molecule has 0 bridgehead atoms. The summed E-state index contributed by atoms with van der Waals surface area (Å²) in [6.07, 6.45) is 9.90. The van der Waals surface area contributed by atoms with Crippen molar-refractivity contribution in [3.8, 4) is 11.4 Å². The van der Waals surface area contributed by atoms with E-state index in [0.717, 1.165) is 35.6 Å². The van der Waals surface area contributed by atoms with Crippen LogP contribution in [0.25, 0.3) is 11.4 Å². The van der Waals surface area contributed by atoms with Gasteiger partial charge in [-0.25, -0.2) is 4.68 Å². The maximum absolute atomic E-state index is 12.8. The monoisotopic (exact) mass is 459 g/mol. The predicted octanol–water partition coefficient (Wildman–Crippen LogP) is 4.43. The molecule has 4 aromatic rings. The Morgan fingerprint density at radius 2 is 1.88 bits per heavy atom. The van der Waals surface area contributed by atoms with E-state index in [-0.39, 0.29) is 11.7 Å². The molecule has 3 aromatic heterocycles. The molecule has 1 fully saturated rings. The van der Waals surface area contributed by atoms with Gasteiger partial charge < -0.3 is 5.32 Å². The molecule has 1 N–H and O–H groups in total. The first-order valence-corrected chi connectivity index (χ1v) is 12.1. The first-order chi connectivity index (χ1) is 16.3. The summed E-state index contributed by atoms with van der Waals surface area (Å²) < 4.78 is 3.99. The minimum Gasteiger partial charge on any atom is -0.310 e. The lowest BCUT2D eigenvalue weighted by Crippen LogP contribution is -2.19. The van der Waals surface area contributed by atoms with Gasteiger partial charge in [0.1, 0.15) is 5.82 Å². The van der Waals surface area contributed by atoms with E-state index < -0.39 is 0 Å². The number of amides is 1. The van der Waals surface area contributed by atoms with Gasteiger partial charge in [-0.05, 0) is 30.5 Å². The molecule has 0 spiro atoms. The number of pyridine rings is 1. The summed E-state index contributed by atoms with van der Waals surface area (Å²) >= 11 is 1.38. The summed E-state index contributed by atoms with van der Waals surface area (Å²) in [5.41, 5.74) is 2.02. The lowest BCUT2D eigenvalue weighted by atomic mass is 10.2. The Morgan fingerprint density at radius 3 is 2.67 bits per heavy atom. The van der Waals surface area contributed by atoms with Crippen molar-refractivity contribution in [1.82, 2.24) is 29.5 Å². The van der Waals surface area contributed by atoms with Crippen LogP contribution in [0.3, 0.4) is 0 Å². The maximum Gasteiger partial charge on any atom is 0.235 e. The van der Waals surface area contributed by atoms with Crippen LogP contribution in [0.4, 0.5) is 5.82 Å². The van der Waals surface area contributed by atoms with E-state index in [0.29, 0.717) is 17.7 Å². The number of carbonyl (C=O) groups excluding carboxylic acids is 1. The van der Waals surface area contributed by atoms with Crippen molar-refractivity contribution in [2.45, 2.75) is 43.4 Å². The molecule has 3 heterocycles. The van der Waals surface area contributed by atoms with Gasteiger partial charge >= 0.3 is 0 Å². The van der Waals surface area contributed by atoms with Crippen molar-refractivity contribution in [3.05, 3.63) is 72.7 Å². The van der Waals surface area contributed by atoms with Crippen LogP contribution in [-0.4, -0.2) is 41.2 Å². The molecule has 1 aromatic carbocycles. The van der Waals surface area contributed by atoms with Gasteiger partial charge in [0.2, 0.25) is 5.91 Å². The van der Waals surface area contributed by atoms with Gasteiger partial charge in [0.05, 0.1) is 24.5 Å². The molecule has 0 saturated heterocycles. The van der Waals surface area contributed by atoms with Crippen LogP contribution in [0.15, 0.2) is 72.3 Å². The van der Waals surface area contributed by atoms with Gasteiger partial charge in [-0.2, -0.15) is 5.10 Å². The Labute approximate surface area is 196 Å². The van der Waals surface area contributed by atoms with Gasteiger partial charge in [-0.15, -0.1) is 10.2 Å². The highest BCUT2D eigenvalue weighted by molar-refractivity contribution is 7.99. The maximum atomic E-state index is 12.8. The van der Waals surface area contributed by atoms with Gasteiger partial charge in [0, 0.05) is 24.0 Å². The van der Waals surface area contributed by atoms with Gasteiger partial charge in [-0.1, -0.05) is 54.9 Å². The second-order valence-corrected chi connectivity index (χ2v) is 9.00. The van der Waals surface area contributed by atoms with E-state index in [1.54, 1.807) is 18.6 Å². The van der Waals surface area contributed by atoms with Gasteiger partial charge in [0.15, 0.2) is 11.0 Å². The molecule has 33 heavy (non-hydrogen) atoms. The number of rotatable bonds is 8. The first kappa shape index (κ1) is 21.4. The minimum atomic E-state index is -0.0862. The van der Waals surface area contributed by atoms with Crippen LogP contribution >= 0.6 is 11.8 Å². The molecule has 1 saturated carbocycles. The number of hydrogen-bond donors (Lipinski definition) is 1. The molecule has 168 valence electrons. The Bertz CT molecular complexity index is 1200. The molecule has 1 amide bonds. The quantitative estimate of drug-likeness (QED) is 0.392. The Balaban J connectivity index is 1.31. The van der Waals surface area contributed by atoms with E-state index in [4.69, 9.17) is 0 Å². The molecule has 0 radical (unpaired) electrons. The smallest absolute Gasteiger partial charge is 0.235 e. The Kier molecular flexibility index (Phi) is 6.48. The van der Waals surface area contributed by atoms with Crippen molar-refractivity contribution in [3.63, 3.8) is 0 Å². The third-order valence-electron chi connectivity index (χ3n) is 5.76. The van der Waals surface area contributed by atoms with E-state index in [1.807, 2.05) is 45.6 Å². The van der Waals surface area contributed by atoms with Crippen LogP contribution in [0.2, 0.25) is 0 Å². The van der Waals surface area contributed by atoms with E-state index in [1.165, 1.54) is 24.6 Å². The van der Waals surface area contributed by atoms with Crippen LogP contribution < -0.4 is 5.32 Å². The summed E-state index contributed by atoms with van der Waals surface area (Å²) in [7, 11) is 0. The van der Waals surface area contributed by atoms with Crippen molar-refractivity contribution in [2.24, 2.45) is 0 Å². The van der Waals surface area contributed by atoms with Crippen molar-refractivity contribution >= 4 is 23.5 Å². The highest BCUT2D eigenvalue weighted by Gasteiger charge is 2.21. The number of carbonyl (C=O) groups is 1. The SMILES string of the molecule is O=C(CSc1nnc(-c2cccnc2)n1Cc1ccccc1)Nc1ccnn1C1CCCC1. The zero-order chi connectivity index (χ0) is 22.5. The molecular formula is C24H25N7OS. The summed E-state index contributed by atoms with van der Waals surface area (Å²) in [4.78, 5) is 17.0. The number of benzene rings is 1. The normalized spacial score (nSPS) is 13.9. The third kappa shape index (κ3) is 4.98. The number of hydrogen-bond acceptors (Lipinski definition) is 6. The van der Waals surface area contributed by atoms with E-state index in [2.05, 4.69) is 37.7 Å². The average Bonchev–Trinajstić information content (AvgIpc) is 3.60. The van der Waals surface area contributed by atoms with Crippen molar-refractivity contribution < 1.29 is 4.79 Å². The van der Waals surface area contributed by atoms with Gasteiger partial charge in [0.25, 0.3) is 0 Å². The standard InChI is InChI=1S/C24H25N7OS/c32-22(27-21-12-14-26-31(21)20-10-4-5-11-20)17-33-24-29-28-23(19-9-6-13-25-15-19)30(24)16-18-7-2-1-3-8-18/h1-3,6-9,12-15,20H,4-5,10-11,16-17H2,(H,27,32). The van der Waals surface area contributed by atoms with Crippen molar-refractivity contribution in [1.29, 1.82) is 0 Å². The molecule has 1 aliphatic rings. The fourth-order valence-corrected chi connectivity index (χ4v) is 4.91. The number of aromatic nitrogens is 6. The van der Waals surface area contributed by atoms with Gasteiger partial charge in [-0.3, -0.25) is 14.3 Å². The second-order valence-electron chi connectivity index (χ2n) is 8.06. The van der Waals surface area contributed by atoms with E-state index in [9.17, 15) is 4.79 Å². The van der Waals surface area contributed by atoms with Crippen LogP contribution in [0, 0.1) is 0 Å². The highest BCUT2D eigenvalue weighted by atomic mass is 32.2. The molecule has 1 aliphatic carbocycles. The average molecular weight is 460 g/mol. The fraction of sp³-hybridized carbons (Fsp3) is 0.292. The fourth-order valence-electron chi connectivity index (χ4n) is 4.17. The van der Waals surface area contributed by atoms with Crippen LogP contribution in [0.5, 0.6) is 0 Å². The lowest BCUT2D eigenvalue weighted by Gasteiger charge is -2.14. The summed E-state index contributed by atoms with van der Waals surface area (Å²) in [5.74, 6) is 1.64. The van der Waals surface area contributed by atoms with E-state index >= 15 is 0 Å². The molecule has 0 aliphatic heterocycles. The number of anilines is 1. The molecule has 9 heteroatoms. The zero-order valence-electron chi connectivity index (χ0n) is 18.2. The topological polar surface area (TPSA) is 90.5 Å². The predicted molar refractivity (Wildman–Crippen MR) is 128 cm³/mol. The third-order valence-corrected chi connectivity index (χ3v) is 6.73. The molecule has 0 atom stereocenters. The lowest BCUT2D eigenvalue weighted by molar-refractivity contribution is -0.113. The number of thioether (sulfide) groups is 1. The summed E-state index contributed by atoms with van der Waals surface area (Å²) in [5, 5.41) is 16.9. The van der Waals surface area contributed by atoms with Crippen molar-refractivity contribution in [2.75, 3.05) is 11.1 Å². The molecule has 0 unspecified atom stereocenters. The number of nitrogens with zero attached hydrogens (tertiary/aromatic N) is 6. The number of nitrogens with one attached hydrogen (secondary N) is 1. The molecule has 8 nitrogen and oxygen atoms in total. The zero-order valence-corrected chi connectivity index (χ0v) is 19.0. The summed E-state index contributed by atoms with van der Waals surface area (Å²) in [6, 6.07) is 16.2. The molecular weight excluding hydrogens is 434 g/mol.